The molecular formula is C15H30F3NO3S. The molecule has 0 bridgehead atoms. The van der Waals surface area contributed by atoms with Gasteiger partial charge in [-0.05, 0) is 6.42 Å². The van der Waals surface area contributed by atoms with Gasteiger partial charge in [0.25, 0.3) is 0 Å². The van der Waals surface area contributed by atoms with E-state index in [-0.39, 0.29) is 6.42 Å². The first-order valence-corrected chi connectivity index (χ1v) is 9.39. The van der Waals surface area contributed by atoms with Gasteiger partial charge in [-0.1, -0.05) is 64.4 Å². The van der Waals surface area contributed by atoms with Crippen molar-refractivity contribution in [2.24, 2.45) is 5.73 Å². The third kappa shape index (κ3) is 12.5. The maximum atomic E-state index is 13.1. The molecule has 0 aromatic heterocycles. The molecule has 1 atom stereocenters. The monoisotopic (exact) mass is 361 g/mol. The molecule has 0 heterocycles. The van der Waals surface area contributed by atoms with E-state index in [4.69, 9.17) is 10.3 Å². The van der Waals surface area contributed by atoms with E-state index in [0.717, 1.165) is 32.1 Å². The number of hydrogen-bond acceptors (Lipinski definition) is 3. The van der Waals surface area contributed by atoms with Crippen LogP contribution < -0.4 is 5.73 Å². The van der Waals surface area contributed by atoms with Crippen molar-refractivity contribution in [1.29, 1.82) is 0 Å². The van der Waals surface area contributed by atoms with E-state index in [1.54, 1.807) is 6.08 Å². The molecule has 3 N–H and O–H groups in total. The summed E-state index contributed by atoms with van der Waals surface area (Å²) in [4.78, 5) is 0. The van der Waals surface area contributed by atoms with E-state index in [2.05, 4.69) is 13.5 Å². The van der Waals surface area contributed by atoms with Crippen LogP contribution in [-0.4, -0.2) is 30.9 Å². The Kier molecular flexibility index (Phi) is 14.8. The van der Waals surface area contributed by atoms with E-state index in [1.165, 1.54) is 6.42 Å². The summed E-state index contributed by atoms with van der Waals surface area (Å²) in [6.07, 6.45) is 5.39. The van der Waals surface area contributed by atoms with Crippen LogP contribution in [0.2, 0.25) is 0 Å². The highest BCUT2D eigenvalue weighted by Crippen LogP contribution is 2.30. The third-order valence-corrected chi connectivity index (χ3v) is 4.13. The third-order valence-electron chi connectivity index (χ3n) is 3.19. The first-order chi connectivity index (χ1) is 10.6. The summed E-state index contributed by atoms with van der Waals surface area (Å²) in [7, 11) is -5.67. The summed E-state index contributed by atoms with van der Waals surface area (Å²) < 4.78 is 67.5. The van der Waals surface area contributed by atoms with Gasteiger partial charge in [0, 0.05) is 6.54 Å². The lowest BCUT2D eigenvalue weighted by atomic mass is 10.1. The average Bonchev–Trinajstić information content (AvgIpc) is 2.48. The summed E-state index contributed by atoms with van der Waals surface area (Å²) in [6.45, 7) is 6.05. The van der Waals surface area contributed by atoms with Crippen LogP contribution in [0.5, 0.6) is 0 Å². The Morgan fingerprint density at radius 2 is 1.52 bits per heavy atom. The van der Waals surface area contributed by atoms with Gasteiger partial charge in [-0.25, -0.2) is 4.39 Å². The molecule has 0 amide bonds. The standard InChI is InChI=1S/C12H23F3O3S.C3H7N/c1-2-3-4-5-6-7-8-9-10-11(13)12(14,15)19(16,17)18;1-2-3-4/h11H,2-10H2,1H3,(H,16,17,18);2H,1,3-4H2. The molecule has 23 heavy (non-hydrogen) atoms. The lowest BCUT2D eigenvalue weighted by Crippen LogP contribution is -2.38. The minimum atomic E-state index is -5.67. The highest BCUT2D eigenvalue weighted by atomic mass is 32.2. The second-order valence-electron chi connectivity index (χ2n) is 5.29. The van der Waals surface area contributed by atoms with Gasteiger partial charge in [-0.3, -0.25) is 4.55 Å². The van der Waals surface area contributed by atoms with Crippen LogP contribution in [0.1, 0.15) is 64.7 Å². The molecule has 140 valence electrons. The van der Waals surface area contributed by atoms with Crippen LogP contribution in [-0.2, 0) is 10.1 Å². The molecular weight excluding hydrogens is 331 g/mol. The Hall–Kier alpha value is -0.600. The molecule has 0 spiro atoms. The first kappa shape index (κ1) is 24.6. The Labute approximate surface area is 138 Å². The fraction of sp³-hybridized carbons (Fsp3) is 0.867. The highest BCUT2D eigenvalue weighted by Gasteiger charge is 2.52. The van der Waals surface area contributed by atoms with Crippen LogP contribution >= 0.6 is 0 Å². The predicted molar refractivity (Wildman–Crippen MR) is 87.9 cm³/mol. The van der Waals surface area contributed by atoms with Gasteiger partial charge in [0.2, 0.25) is 0 Å². The number of halogens is 3. The molecule has 0 aromatic rings. The van der Waals surface area contributed by atoms with Gasteiger partial charge in [0.15, 0.2) is 6.17 Å². The average molecular weight is 361 g/mol. The number of unbranched alkanes of at least 4 members (excludes halogenated alkanes) is 7. The lowest BCUT2D eigenvalue weighted by Gasteiger charge is -2.17. The normalized spacial score (nSPS) is 13.1. The van der Waals surface area contributed by atoms with Crippen LogP contribution in [0.3, 0.4) is 0 Å². The van der Waals surface area contributed by atoms with E-state index in [1.807, 2.05) is 0 Å². The highest BCUT2D eigenvalue weighted by molar-refractivity contribution is 7.86. The van der Waals surface area contributed by atoms with E-state index < -0.39 is 28.0 Å². The molecule has 0 saturated carbocycles. The smallest absolute Gasteiger partial charge is 0.327 e. The molecule has 0 fully saturated rings. The minimum Gasteiger partial charge on any atom is -0.327 e. The molecule has 0 aromatic carbocycles. The molecule has 0 saturated heterocycles. The second kappa shape index (κ2) is 13.8. The fourth-order valence-corrected chi connectivity index (χ4v) is 2.23. The van der Waals surface area contributed by atoms with Gasteiger partial charge in [-0.2, -0.15) is 17.2 Å². The van der Waals surface area contributed by atoms with Crippen molar-refractivity contribution in [1.82, 2.24) is 0 Å². The van der Waals surface area contributed by atoms with Gasteiger partial charge in [0.05, 0.1) is 0 Å². The van der Waals surface area contributed by atoms with Crippen LogP contribution in [0.4, 0.5) is 13.2 Å². The number of nitrogens with two attached hydrogens (primary N) is 1. The zero-order valence-corrected chi connectivity index (χ0v) is 14.6. The Bertz CT molecular complexity index is 389. The summed E-state index contributed by atoms with van der Waals surface area (Å²) in [5.41, 5.74) is 4.91. The fourth-order valence-electron chi connectivity index (χ4n) is 1.79. The van der Waals surface area contributed by atoms with Crippen molar-refractivity contribution in [3.05, 3.63) is 12.7 Å². The number of hydrogen-bond donors (Lipinski definition) is 2. The largest absolute Gasteiger partial charge is 0.400 e. The molecule has 0 aliphatic rings. The van der Waals surface area contributed by atoms with Crippen molar-refractivity contribution in [2.45, 2.75) is 76.1 Å². The van der Waals surface area contributed by atoms with Crippen molar-refractivity contribution < 1.29 is 26.1 Å². The maximum Gasteiger partial charge on any atom is 0.400 e. The number of alkyl halides is 3. The Balaban J connectivity index is 0. The molecule has 0 aliphatic heterocycles. The van der Waals surface area contributed by atoms with E-state index in [0.29, 0.717) is 13.0 Å². The van der Waals surface area contributed by atoms with Crippen LogP contribution in [0.15, 0.2) is 12.7 Å². The number of rotatable bonds is 12. The zero-order chi connectivity index (χ0) is 18.4. The van der Waals surface area contributed by atoms with Gasteiger partial charge in [-0.15, -0.1) is 6.58 Å². The van der Waals surface area contributed by atoms with Crippen LogP contribution in [0.25, 0.3) is 0 Å². The Morgan fingerprint density at radius 3 is 1.87 bits per heavy atom. The van der Waals surface area contributed by atoms with Gasteiger partial charge >= 0.3 is 15.4 Å². The van der Waals surface area contributed by atoms with Crippen molar-refractivity contribution in [3.8, 4) is 0 Å². The maximum absolute atomic E-state index is 13.1. The molecule has 1 unspecified atom stereocenters. The van der Waals surface area contributed by atoms with Gasteiger partial charge in [0.1, 0.15) is 0 Å². The van der Waals surface area contributed by atoms with Gasteiger partial charge < -0.3 is 5.73 Å². The lowest BCUT2D eigenvalue weighted by molar-refractivity contribution is -0.00709. The topological polar surface area (TPSA) is 80.4 Å². The summed E-state index contributed by atoms with van der Waals surface area (Å²) in [5, 5.41) is -4.70. The SMILES string of the molecule is C=CCN.CCCCCCCCCCC(F)C(F)(F)S(=O)(=O)O. The minimum absolute atomic E-state index is 0.194. The van der Waals surface area contributed by atoms with Crippen LogP contribution in [0, 0.1) is 0 Å². The molecule has 0 radical (unpaired) electrons. The van der Waals surface area contributed by atoms with E-state index in [9.17, 15) is 21.6 Å². The van der Waals surface area contributed by atoms with Crippen molar-refractivity contribution in [2.75, 3.05) is 6.54 Å². The molecule has 4 nitrogen and oxygen atoms in total. The quantitative estimate of drug-likeness (QED) is 0.305. The summed E-state index contributed by atoms with van der Waals surface area (Å²) >= 11 is 0. The molecule has 8 heteroatoms. The predicted octanol–water partition coefficient (Wildman–Crippen LogP) is 4.47. The first-order valence-electron chi connectivity index (χ1n) is 7.94. The zero-order valence-electron chi connectivity index (χ0n) is 13.8. The molecule has 0 aliphatic carbocycles. The van der Waals surface area contributed by atoms with E-state index >= 15 is 0 Å². The van der Waals surface area contributed by atoms with Crippen molar-refractivity contribution in [3.63, 3.8) is 0 Å². The van der Waals surface area contributed by atoms with Crippen molar-refractivity contribution >= 4 is 10.1 Å². The second-order valence-corrected chi connectivity index (χ2v) is 6.79. The Morgan fingerprint density at radius 1 is 1.13 bits per heavy atom. The summed E-state index contributed by atoms with van der Waals surface area (Å²) in [5.74, 6) is 0. The summed E-state index contributed by atoms with van der Waals surface area (Å²) in [6, 6.07) is 0. The molecule has 0 rings (SSSR count).